The highest BCUT2D eigenvalue weighted by molar-refractivity contribution is 6.31. The molecule has 0 spiro atoms. The summed E-state index contributed by atoms with van der Waals surface area (Å²) >= 11 is 5.86. The lowest BCUT2D eigenvalue weighted by atomic mass is 9.96. The van der Waals surface area contributed by atoms with Crippen molar-refractivity contribution in [2.45, 2.75) is 5.66 Å². The number of fused-ring (bicyclic) bond motifs is 1. The Morgan fingerprint density at radius 1 is 1.15 bits per heavy atom. The number of nitrogens with zero attached hydrogens (tertiary/aromatic N) is 3. The van der Waals surface area contributed by atoms with Crippen LogP contribution in [-0.4, -0.2) is 11.2 Å². The predicted octanol–water partition coefficient (Wildman–Crippen LogP) is 4.18. The van der Waals surface area contributed by atoms with Gasteiger partial charge in [-0.2, -0.15) is 5.26 Å². The number of pyridine rings is 1. The predicted molar refractivity (Wildman–Crippen MR) is 100 cm³/mol. The summed E-state index contributed by atoms with van der Waals surface area (Å²) in [7, 11) is 0. The van der Waals surface area contributed by atoms with Crippen molar-refractivity contribution in [3.05, 3.63) is 82.3 Å². The minimum atomic E-state index is -1.05. The summed E-state index contributed by atoms with van der Waals surface area (Å²) in [6.07, 6.45) is 4.99. The van der Waals surface area contributed by atoms with Gasteiger partial charge in [0.15, 0.2) is 5.66 Å². The van der Waals surface area contributed by atoms with Crippen LogP contribution in [0.5, 0.6) is 0 Å². The molecule has 1 aliphatic heterocycles. The van der Waals surface area contributed by atoms with Gasteiger partial charge in [0, 0.05) is 17.8 Å². The number of benzene rings is 2. The molecule has 0 bridgehead atoms. The van der Waals surface area contributed by atoms with Crippen LogP contribution in [0, 0.1) is 17.1 Å². The molecule has 0 amide bonds. The van der Waals surface area contributed by atoms with Gasteiger partial charge < -0.3 is 5.73 Å². The van der Waals surface area contributed by atoms with Gasteiger partial charge in [-0.3, -0.25) is 9.98 Å². The van der Waals surface area contributed by atoms with Crippen molar-refractivity contribution in [3.8, 4) is 6.07 Å². The minimum absolute atomic E-state index is 0.0483. The number of hydrogen-bond acceptors (Lipinski definition) is 4. The second kappa shape index (κ2) is 6.03. The van der Waals surface area contributed by atoms with Crippen LogP contribution in [-0.2, 0) is 5.66 Å². The molecule has 2 N–H and O–H groups in total. The first-order chi connectivity index (χ1) is 12.5. The van der Waals surface area contributed by atoms with E-state index >= 15 is 0 Å². The van der Waals surface area contributed by atoms with Gasteiger partial charge in [-0.1, -0.05) is 23.7 Å². The quantitative estimate of drug-likeness (QED) is 0.743. The second-order valence-corrected chi connectivity index (χ2v) is 6.46. The lowest BCUT2D eigenvalue weighted by molar-refractivity contribution is 0.610. The van der Waals surface area contributed by atoms with Crippen molar-refractivity contribution in [1.82, 2.24) is 4.98 Å². The first kappa shape index (κ1) is 16.4. The normalized spacial score (nSPS) is 18.8. The number of aliphatic imine (C=N–C) groups is 1. The smallest absolute Gasteiger partial charge is 0.153 e. The van der Waals surface area contributed by atoms with Gasteiger partial charge in [-0.25, -0.2) is 4.39 Å². The standard InChI is InChI=1S/C20H12ClFN4/c21-17-7-13(1-3-18(17)22)15-8-20(24,26-11-15)16-2-4-19-14(6-16)5-12(9-23)10-25-19/h1-8,10-11H,24H2. The molecule has 1 unspecified atom stereocenters. The Bertz CT molecular complexity index is 1150. The molecule has 1 aromatic heterocycles. The zero-order valence-electron chi connectivity index (χ0n) is 13.4. The van der Waals surface area contributed by atoms with Gasteiger partial charge in [0.2, 0.25) is 0 Å². The van der Waals surface area contributed by atoms with E-state index in [1.54, 1.807) is 30.5 Å². The van der Waals surface area contributed by atoms with E-state index in [-0.39, 0.29) is 5.02 Å². The Labute approximate surface area is 154 Å². The van der Waals surface area contributed by atoms with E-state index < -0.39 is 11.5 Å². The van der Waals surface area contributed by atoms with Gasteiger partial charge in [-0.15, -0.1) is 0 Å². The van der Waals surface area contributed by atoms with Crippen molar-refractivity contribution in [2.24, 2.45) is 10.7 Å². The molecule has 3 aromatic rings. The van der Waals surface area contributed by atoms with Crippen LogP contribution < -0.4 is 5.73 Å². The van der Waals surface area contributed by atoms with Gasteiger partial charge in [0.1, 0.15) is 11.9 Å². The van der Waals surface area contributed by atoms with Crippen molar-refractivity contribution in [3.63, 3.8) is 0 Å². The van der Waals surface area contributed by atoms with E-state index in [0.29, 0.717) is 5.56 Å². The average molecular weight is 363 g/mol. The molecule has 126 valence electrons. The monoisotopic (exact) mass is 362 g/mol. The molecule has 0 aliphatic carbocycles. The number of hydrogen-bond donors (Lipinski definition) is 1. The Morgan fingerprint density at radius 3 is 2.77 bits per heavy atom. The fourth-order valence-electron chi connectivity index (χ4n) is 2.92. The number of halogens is 2. The summed E-state index contributed by atoms with van der Waals surface area (Å²) in [5.41, 5.74) is 8.94. The first-order valence-electron chi connectivity index (χ1n) is 7.81. The van der Waals surface area contributed by atoms with Gasteiger partial charge >= 0.3 is 0 Å². The minimum Gasteiger partial charge on any atom is -0.300 e. The Morgan fingerprint density at radius 2 is 2.00 bits per heavy atom. The zero-order chi connectivity index (χ0) is 18.3. The average Bonchev–Trinajstić information content (AvgIpc) is 3.06. The third kappa shape index (κ3) is 2.76. The molecular weight excluding hydrogens is 351 g/mol. The molecule has 0 radical (unpaired) electrons. The number of rotatable bonds is 2. The number of allylic oxidation sites excluding steroid dienone is 1. The summed E-state index contributed by atoms with van der Waals surface area (Å²) in [5, 5.41) is 9.91. The van der Waals surface area contributed by atoms with Crippen LogP contribution >= 0.6 is 11.6 Å². The molecule has 26 heavy (non-hydrogen) atoms. The molecule has 2 aromatic carbocycles. The SMILES string of the molecule is N#Cc1cnc2ccc(C3(N)C=C(c4ccc(F)c(Cl)c4)C=N3)cc2c1. The van der Waals surface area contributed by atoms with Crippen LogP contribution in [0.3, 0.4) is 0 Å². The summed E-state index contributed by atoms with van der Waals surface area (Å²) in [6, 6.07) is 13.9. The molecule has 4 rings (SSSR count). The largest absolute Gasteiger partial charge is 0.300 e. The Kier molecular flexibility index (Phi) is 3.80. The van der Waals surface area contributed by atoms with Crippen LogP contribution in [0.2, 0.25) is 5.02 Å². The van der Waals surface area contributed by atoms with E-state index in [9.17, 15) is 4.39 Å². The third-order valence-electron chi connectivity index (χ3n) is 4.32. The summed E-state index contributed by atoms with van der Waals surface area (Å²) in [6.45, 7) is 0. The second-order valence-electron chi connectivity index (χ2n) is 6.06. The Hall–Kier alpha value is -3.07. The molecule has 1 aliphatic rings. The fourth-order valence-corrected chi connectivity index (χ4v) is 3.10. The number of nitrogens with two attached hydrogens (primary N) is 1. The van der Waals surface area contributed by atoms with Crippen molar-refractivity contribution in [2.75, 3.05) is 0 Å². The topological polar surface area (TPSA) is 75.1 Å². The van der Waals surface area contributed by atoms with E-state index in [4.69, 9.17) is 22.6 Å². The van der Waals surface area contributed by atoms with E-state index in [1.165, 1.54) is 12.3 Å². The van der Waals surface area contributed by atoms with Crippen molar-refractivity contribution >= 4 is 34.3 Å². The maximum Gasteiger partial charge on any atom is 0.153 e. The maximum atomic E-state index is 13.4. The molecule has 2 heterocycles. The van der Waals surface area contributed by atoms with Crippen LogP contribution in [0.25, 0.3) is 16.5 Å². The van der Waals surface area contributed by atoms with Gasteiger partial charge in [0.25, 0.3) is 0 Å². The van der Waals surface area contributed by atoms with E-state index in [0.717, 1.165) is 27.6 Å². The first-order valence-corrected chi connectivity index (χ1v) is 8.19. The highest BCUT2D eigenvalue weighted by atomic mass is 35.5. The van der Waals surface area contributed by atoms with E-state index in [1.807, 2.05) is 18.2 Å². The van der Waals surface area contributed by atoms with Crippen molar-refractivity contribution in [1.29, 1.82) is 5.26 Å². The number of nitriles is 1. The summed E-state index contributed by atoms with van der Waals surface area (Å²) in [4.78, 5) is 8.69. The lowest BCUT2D eigenvalue weighted by Gasteiger charge is -2.19. The fraction of sp³-hybridized carbons (Fsp3) is 0.0500. The highest BCUT2D eigenvalue weighted by Gasteiger charge is 2.28. The maximum absolute atomic E-state index is 13.4. The number of aromatic nitrogens is 1. The van der Waals surface area contributed by atoms with Crippen LogP contribution in [0.4, 0.5) is 4.39 Å². The van der Waals surface area contributed by atoms with Crippen LogP contribution in [0.1, 0.15) is 16.7 Å². The third-order valence-corrected chi connectivity index (χ3v) is 4.61. The summed E-state index contributed by atoms with van der Waals surface area (Å²) < 4.78 is 13.4. The molecule has 0 saturated heterocycles. The summed E-state index contributed by atoms with van der Waals surface area (Å²) in [5.74, 6) is -0.472. The van der Waals surface area contributed by atoms with Crippen molar-refractivity contribution < 1.29 is 4.39 Å². The molecule has 1 atom stereocenters. The lowest BCUT2D eigenvalue weighted by Crippen LogP contribution is -2.30. The zero-order valence-corrected chi connectivity index (χ0v) is 14.2. The highest BCUT2D eigenvalue weighted by Crippen LogP contribution is 2.33. The molecule has 0 fully saturated rings. The molecule has 6 heteroatoms. The van der Waals surface area contributed by atoms with Gasteiger partial charge in [-0.05, 0) is 53.1 Å². The Balaban J connectivity index is 1.76. The molecule has 4 nitrogen and oxygen atoms in total. The van der Waals surface area contributed by atoms with Gasteiger partial charge in [0.05, 0.1) is 16.1 Å². The van der Waals surface area contributed by atoms with Crippen LogP contribution in [0.15, 0.2) is 59.7 Å². The molecule has 0 saturated carbocycles. The molecular formula is C20H12ClFN4. The van der Waals surface area contributed by atoms with E-state index in [2.05, 4.69) is 16.0 Å².